The maximum Gasteiger partial charge on any atom is 0.255 e. The van der Waals surface area contributed by atoms with Gasteiger partial charge >= 0.3 is 0 Å². The third kappa shape index (κ3) is 3.24. The highest BCUT2D eigenvalue weighted by molar-refractivity contribution is 7.99. The predicted octanol–water partition coefficient (Wildman–Crippen LogP) is 3.00. The van der Waals surface area contributed by atoms with Crippen LogP contribution in [0.3, 0.4) is 0 Å². The van der Waals surface area contributed by atoms with Crippen LogP contribution < -0.4 is 5.32 Å². The van der Waals surface area contributed by atoms with Crippen molar-refractivity contribution in [1.29, 1.82) is 0 Å². The van der Waals surface area contributed by atoms with Crippen LogP contribution in [0.5, 0.6) is 0 Å². The van der Waals surface area contributed by atoms with Crippen LogP contribution in [0.25, 0.3) is 0 Å². The normalized spacial score (nSPS) is 18.4. The van der Waals surface area contributed by atoms with E-state index in [1.54, 1.807) is 0 Å². The minimum absolute atomic E-state index is 0.132. The lowest BCUT2D eigenvalue weighted by molar-refractivity contribution is 0.0748. The highest BCUT2D eigenvalue weighted by Crippen LogP contribution is 2.25. The number of benzene rings is 1. The van der Waals surface area contributed by atoms with Gasteiger partial charge in [0.05, 0.1) is 5.56 Å². The van der Waals surface area contributed by atoms with Crippen molar-refractivity contribution in [1.82, 2.24) is 4.90 Å². The molecule has 104 valence electrons. The third-order valence-electron chi connectivity index (χ3n) is 3.55. The summed E-state index contributed by atoms with van der Waals surface area (Å²) in [6, 6.07) is 6.41. The number of nitrogens with one attached hydrogen (secondary N) is 1. The molecule has 1 aromatic rings. The van der Waals surface area contributed by atoms with Crippen molar-refractivity contribution in [3.8, 4) is 0 Å². The molecule has 4 heteroatoms. The summed E-state index contributed by atoms with van der Waals surface area (Å²) in [5.41, 5.74) is 2.86. The molecule has 1 aliphatic rings. The van der Waals surface area contributed by atoms with E-state index < -0.39 is 0 Å². The predicted molar refractivity (Wildman–Crippen MR) is 83.2 cm³/mol. The van der Waals surface area contributed by atoms with E-state index in [1.807, 2.05) is 55.8 Å². The summed E-state index contributed by atoms with van der Waals surface area (Å²) in [5, 5.41) is 3.28. The topological polar surface area (TPSA) is 32.3 Å². The van der Waals surface area contributed by atoms with Gasteiger partial charge in [0.15, 0.2) is 0 Å². The minimum atomic E-state index is 0.132. The Morgan fingerprint density at radius 2 is 2.32 bits per heavy atom. The van der Waals surface area contributed by atoms with Crippen molar-refractivity contribution in [3.63, 3.8) is 0 Å². The van der Waals surface area contributed by atoms with Crippen LogP contribution in [-0.2, 0) is 0 Å². The molecule has 1 N–H and O–H groups in total. The Bertz CT molecular complexity index is 455. The largest absolute Gasteiger partial charge is 0.385 e. The second kappa shape index (κ2) is 6.33. The number of nitrogens with zero attached hydrogens (tertiary/aromatic N) is 1. The van der Waals surface area contributed by atoms with E-state index >= 15 is 0 Å². The molecule has 1 fully saturated rings. The lowest BCUT2D eigenvalue weighted by Crippen LogP contribution is -2.37. The second-order valence-electron chi connectivity index (χ2n) is 5.01. The summed E-state index contributed by atoms with van der Waals surface area (Å²) >= 11 is 1.93. The lowest BCUT2D eigenvalue weighted by atomic mass is 10.1. The molecule has 0 saturated carbocycles. The molecule has 1 amide bonds. The number of carbonyl (C=O) groups excluding carboxylic acids is 1. The van der Waals surface area contributed by atoms with Crippen LogP contribution >= 0.6 is 11.8 Å². The summed E-state index contributed by atoms with van der Waals surface area (Å²) in [6.07, 6.45) is 1.11. The van der Waals surface area contributed by atoms with Gasteiger partial charge in [0.1, 0.15) is 0 Å². The molecule has 0 bridgehead atoms. The third-order valence-corrected chi connectivity index (χ3v) is 4.69. The Balaban J connectivity index is 2.23. The number of hydrogen-bond acceptors (Lipinski definition) is 3. The molecule has 2 rings (SSSR count). The molecular weight excluding hydrogens is 256 g/mol. The number of rotatable bonds is 4. The molecule has 1 atom stereocenters. The second-order valence-corrected chi connectivity index (χ2v) is 6.16. The Kier molecular flexibility index (Phi) is 4.75. The van der Waals surface area contributed by atoms with Gasteiger partial charge in [-0.1, -0.05) is 11.6 Å². The fourth-order valence-electron chi connectivity index (χ4n) is 2.36. The number of amides is 1. The molecule has 3 nitrogen and oxygen atoms in total. The van der Waals surface area contributed by atoms with Gasteiger partial charge in [-0.15, -0.1) is 0 Å². The summed E-state index contributed by atoms with van der Waals surface area (Å²) in [7, 11) is 1.93. The molecule has 1 heterocycles. The summed E-state index contributed by atoms with van der Waals surface area (Å²) in [4.78, 5) is 14.6. The quantitative estimate of drug-likeness (QED) is 0.919. The molecule has 0 aliphatic carbocycles. The van der Waals surface area contributed by atoms with E-state index in [4.69, 9.17) is 0 Å². The zero-order valence-electron chi connectivity index (χ0n) is 11.9. The smallest absolute Gasteiger partial charge is 0.255 e. The van der Waals surface area contributed by atoms with Crippen molar-refractivity contribution >= 4 is 23.4 Å². The molecule has 1 saturated heterocycles. The van der Waals surface area contributed by atoms with Gasteiger partial charge in [0.2, 0.25) is 0 Å². The number of carbonyl (C=O) groups is 1. The fourth-order valence-corrected chi connectivity index (χ4v) is 3.63. The summed E-state index contributed by atoms with van der Waals surface area (Å²) in [6.45, 7) is 4.90. The standard InChI is InChI=1S/C15H22N2OS/c1-4-16-14-6-5-11(2)9-13(14)15(18)17(3)12-7-8-19-10-12/h5-6,9,12,16H,4,7-8,10H2,1-3H3. The molecule has 1 unspecified atom stereocenters. The first kappa shape index (κ1) is 14.3. The van der Waals surface area contributed by atoms with Gasteiger partial charge in [0, 0.05) is 31.1 Å². The Morgan fingerprint density at radius 1 is 1.53 bits per heavy atom. The van der Waals surface area contributed by atoms with E-state index in [1.165, 1.54) is 0 Å². The van der Waals surface area contributed by atoms with Gasteiger partial charge < -0.3 is 10.2 Å². The molecule has 0 aromatic heterocycles. The minimum Gasteiger partial charge on any atom is -0.385 e. The zero-order chi connectivity index (χ0) is 13.8. The van der Waals surface area contributed by atoms with Crippen molar-refractivity contribution in [2.75, 3.05) is 30.4 Å². The molecule has 0 radical (unpaired) electrons. The first-order chi connectivity index (χ1) is 9.13. The SMILES string of the molecule is CCNc1ccc(C)cc1C(=O)N(C)C1CCSC1. The number of thioether (sulfide) groups is 1. The number of anilines is 1. The summed E-state index contributed by atoms with van der Waals surface area (Å²) < 4.78 is 0. The average Bonchev–Trinajstić information content (AvgIpc) is 2.93. The van der Waals surface area contributed by atoms with Crippen molar-refractivity contribution < 1.29 is 4.79 Å². The molecule has 0 spiro atoms. The van der Waals surface area contributed by atoms with Crippen molar-refractivity contribution in [2.24, 2.45) is 0 Å². The van der Waals surface area contributed by atoms with Crippen molar-refractivity contribution in [2.45, 2.75) is 26.3 Å². The highest BCUT2D eigenvalue weighted by Gasteiger charge is 2.25. The van der Waals surface area contributed by atoms with E-state index in [0.717, 1.165) is 41.3 Å². The van der Waals surface area contributed by atoms with Crippen LogP contribution in [0, 0.1) is 6.92 Å². The molecule has 19 heavy (non-hydrogen) atoms. The first-order valence-electron chi connectivity index (χ1n) is 6.83. The summed E-state index contributed by atoms with van der Waals surface area (Å²) in [5.74, 6) is 2.35. The molecular formula is C15H22N2OS. The van der Waals surface area contributed by atoms with Crippen LogP contribution in [0.2, 0.25) is 0 Å². The van der Waals surface area contributed by atoms with Crippen LogP contribution in [0.15, 0.2) is 18.2 Å². The van der Waals surface area contributed by atoms with Gasteiger partial charge in [-0.25, -0.2) is 0 Å². The molecule has 1 aliphatic heterocycles. The number of aryl methyl sites for hydroxylation is 1. The maximum absolute atomic E-state index is 12.7. The first-order valence-corrected chi connectivity index (χ1v) is 7.98. The lowest BCUT2D eigenvalue weighted by Gasteiger charge is -2.25. The Labute approximate surface area is 119 Å². The van der Waals surface area contributed by atoms with E-state index in [2.05, 4.69) is 5.32 Å². The van der Waals surface area contributed by atoms with E-state index in [9.17, 15) is 4.79 Å². The monoisotopic (exact) mass is 278 g/mol. The Morgan fingerprint density at radius 3 is 2.95 bits per heavy atom. The van der Waals surface area contributed by atoms with Crippen LogP contribution in [0.1, 0.15) is 29.3 Å². The van der Waals surface area contributed by atoms with Gasteiger partial charge in [0.25, 0.3) is 5.91 Å². The maximum atomic E-state index is 12.7. The molecule has 1 aromatic carbocycles. The fraction of sp³-hybridized carbons (Fsp3) is 0.533. The van der Waals surface area contributed by atoms with Gasteiger partial charge in [-0.2, -0.15) is 11.8 Å². The van der Waals surface area contributed by atoms with Crippen LogP contribution in [-0.4, -0.2) is 41.9 Å². The van der Waals surface area contributed by atoms with E-state index in [-0.39, 0.29) is 5.91 Å². The van der Waals surface area contributed by atoms with E-state index in [0.29, 0.717) is 6.04 Å². The number of hydrogen-bond donors (Lipinski definition) is 1. The van der Waals surface area contributed by atoms with Crippen molar-refractivity contribution in [3.05, 3.63) is 29.3 Å². The highest BCUT2D eigenvalue weighted by atomic mass is 32.2. The van der Waals surface area contributed by atoms with Gasteiger partial charge in [-0.05, 0) is 38.2 Å². The Hall–Kier alpha value is -1.16. The zero-order valence-corrected chi connectivity index (χ0v) is 12.7. The van der Waals surface area contributed by atoms with Gasteiger partial charge in [-0.3, -0.25) is 4.79 Å². The van der Waals surface area contributed by atoms with Crippen LogP contribution in [0.4, 0.5) is 5.69 Å². The average molecular weight is 278 g/mol.